The van der Waals surface area contributed by atoms with Crippen molar-refractivity contribution in [2.24, 2.45) is 0 Å². The highest BCUT2D eigenvalue weighted by molar-refractivity contribution is 5.71. The molecule has 0 fully saturated rings. The van der Waals surface area contributed by atoms with Crippen LogP contribution in [0.4, 0.5) is 0 Å². The molecular formula is C54H96O6. The van der Waals surface area contributed by atoms with Crippen LogP contribution in [-0.2, 0) is 28.6 Å². The second-order valence-electron chi connectivity index (χ2n) is 17.1. The quantitative estimate of drug-likeness (QED) is 0.0263. The van der Waals surface area contributed by atoms with Gasteiger partial charge in [0, 0.05) is 19.3 Å². The minimum Gasteiger partial charge on any atom is -0.462 e. The van der Waals surface area contributed by atoms with Crippen molar-refractivity contribution in [3.63, 3.8) is 0 Å². The fourth-order valence-corrected chi connectivity index (χ4v) is 7.28. The first-order valence-corrected chi connectivity index (χ1v) is 25.6. The minimum atomic E-state index is -0.805. The van der Waals surface area contributed by atoms with Gasteiger partial charge in [-0.05, 0) is 44.9 Å². The summed E-state index contributed by atoms with van der Waals surface area (Å²) in [5.41, 5.74) is 0. The van der Waals surface area contributed by atoms with Gasteiger partial charge in [0.2, 0.25) is 0 Å². The number of carbonyl (C=O) groups excluding carboxylic acids is 3. The van der Waals surface area contributed by atoms with Crippen LogP contribution in [0.5, 0.6) is 0 Å². The van der Waals surface area contributed by atoms with E-state index in [9.17, 15) is 14.4 Å². The number of ether oxygens (including phenoxy) is 3. The molecule has 0 rings (SSSR count). The van der Waals surface area contributed by atoms with Crippen molar-refractivity contribution >= 4 is 17.9 Å². The van der Waals surface area contributed by atoms with Crippen LogP contribution in [0.2, 0.25) is 0 Å². The molecule has 0 spiro atoms. The van der Waals surface area contributed by atoms with Gasteiger partial charge in [-0.25, -0.2) is 0 Å². The predicted octanol–water partition coefficient (Wildman–Crippen LogP) is 16.7. The van der Waals surface area contributed by atoms with Crippen LogP contribution in [0.1, 0.15) is 258 Å². The van der Waals surface area contributed by atoms with Crippen LogP contribution >= 0.6 is 0 Å². The van der Waals surface area contributed by atoms with E-state index < -0.39 is 6.10 Å². The lowest BCUT2D eigenvalue weighted by Gasteiger charge is -2.18. The van der Waals surface area contributed by atoms with E-state index in [4.69, 9.17) is 14.2 Å². The van der Waals surface area contributed by atoms with Crippen molar-refractivity contribution in [1.82, 2.24) is 0 Å². The summed E-state index contributed by atoms with van der Waals surface area (Å²) >= 11 is 0. The summed E-state index contributed by atoms with van der Waals surface area (Å²) < 4.78 is 16.7. The Kier molecular flexibility index (Phi) is 46.9. The third-order valence-electron chi connectivity index (χ3n) is 11.1. The van der Waals surface area contributed by atoms with Gasteiger partial charge in [-0.1, -0.05) is 243 Å². The summed E-state index contributed by atoms with van der Waals surface area (Å²) in [7, 11) is 0. The molecule has 0 amide bonds. The van der Waals surface area contributed by atoms with E-state index in [1.165, 1.54) is 148 Å². The van der Waals surface area contributed by atoms with E-state index in [0.717, 1.165) is 64.2 Å². The van der Waals surface area contributed by atoms with E-state index in [2.05, 4.69) is 57.2 Å². The van der Waals surface area contributed by atoms with Gasteiger partial charge < -0.3 is 14.2 Å². The molecule has 0 aromatic heterocycles. The highest BCUT2D eigenvalue weighted by Crippen LogP contribution is 2.16. The summed E-state index contributed by atoms with van der Waals surface area (Å²) in [5, 5.41) is 0. The molecule has 0 aliphatic heterocycles. The largest absolute Gasteiger partial charge is 0.462 e. The molecule has 0 aromatic carbocycles. The number of hydrogen-bond acceptors (Lipinski definition) is 6. The second kappa shape index (κ2) is 49.0. The molecule has 348 valence electrons. The Hall–Kier alpha value is -2.63. The summed E-state index contributed by atoms with van der Waals surface area (Å²) in [6.45, 7) is 6.47. The van der Waals surface area contributed by atoms with Crippen LogP contribution in [0.15, 0.2) is 48.6 Å². The number of rotatable bonds is 46. The average molecular weight is 841 g/mol. The monoisotopic (exact) mass is 841 g/mol. The smallest absolute Gasteiger partial charge is 0.306 e. The van der Waals surface area contributed by atoms with Gasteiger partial charge in [0.1, 0.15) is 13.2 Å². The summed E-state index contributed by atoms with van der Waals surface area (Å²) in [6, 6.07) is 0. The Morgan fingerprint density at radius 3 is 0.983 bits per heavy atom. The van der Waals surface area contributed by atoms with Gasteiger partial charge >= 0.3 is 17.9 Å². The van der Waals surface area contributed by atoms with Gasteiger partial charge in [0.25, 0.3) is 0 Å². The van der Waals surface area contributed by atoms with Crippen LogP contribution in [-0.4, -0.2) is 37.2 Å². The molecule has 0 aliphatic carbocycles. The number of hydrogen-bond donors (Lipinski definition) is 0. The number of unbranched alkanes of at least 4 members (excludes halogenated alkanes) is 27. The topological polar surface area (TPSA) is 78.9 Å². The Morgan fingerprint density at radius 2 is 0.650 bits per heavy atom. The zero-order valence-corrected chi connectivity index (χ0v) is 39.7. The van der Waals surface area contributed by atoms with Crippen LogP contribution in [0, 0.1) is 0 Å². The van der Waals surface area contributed by atoms with Crippen molar-refractivity contribution in [3.05, 3.63) is 48.6 Å². The molecule has 0 heterocycles. The molecule has 6 heteroatoms. The normalized spacial score (nSPS) is 12.4. The van der Waals surface area contributed by atoms with Gasteiger partial charge in [-0.15, -0.1) is 0 Å². The third-order valence-corrected chi connectivity index (χ3v) is 11.1. The molecule has 0 bridgehead atoms. The zero-order valence-electron chi connectivity index (χ0n) is 39.7. The first kappa shape index (κ1) is 57.4. The van der Waals surface area contributed by atoms with Crippen molar-refractivity contribution in [2.45, 2.75) is 264 Å². The molecule has 0 aromatic rings. The SMILES string of the molecule is CC/C=C\C/C=C\C/C=C\C/C=C\CCC(=O)OC(COC(=O)CCCCCCCCCCCCC)COC(=O)CCCCCCCCCCCCCCCCCCCC. The predicted molar refractivity (Wildman–Crippen MR) is 256 cm³/mol. The molecular weight excluding hydrogens is 745 g/mol. The van der Waals surface area contributed by atoms with E-state index in [1.54, 1.807) is 0 Å². The van der Waals surface area contributed by atoms with Gasteiger partial charge in [-0.3, -0.25) is 14.4 Å². The lowest BCUT2D eigenvalue weighted by atomic mass is 10.0. The highest BCUT2D eigenvalue weighted by Gasteiger charge is 2.19. The highest BCUT2D eigenvalue weighted by atomic mass is 16.6. The van der Waals surface area contributed by atoms with Crippen molar-refractivity contribution < 1.29 is 28.6 Å². The lowest BCUT2D eigenvalue weighted by Crippen LogP contribution is -2.30. The maximum Gasteiger partial charge on any atom is 0.306 e. The summed E-state index contributed by atoms with van der Waals surface area (Å²) in [5.74, 6) is -0.972. The Labute approximate surface area is 371 Å². The van der Waals surface area contributed by atoms with Crippen molar-refractivity contribution in [3.8, 4) is 0 Å². The number of carbonyl (C=O) groups is 3. The molecule has 1 unspecified atom stereocenters. The summed E-state index contributed by atoms with van der Waals surface area (Å²) in [4.78, 5) is 37.8. The van der Waals surface area contributed by atoms with Gasteiger partial charge in [0.15, 0.2) is 6.10 Å². The molecule has 0 aliphatic rings. The summed E-state index contributed by atoms with van der Waals surface area (Å²) in [6.07, 6.45) is 58.3. The maximum absolute atomic E-state index is 12.7. The molecule has 0 saturated heterocycles. The molecule has 6 nitrogen and oxygen atoms in total. The van der Waals surface area contributed by atoms with E-state index in [0.29, 0.717) is 19.3 Å². The average Bonchev–Trinajstić information content (AvgIpc) is 3.24. The van der Waals surface area contributed by atoms with Crippen LogP contribution < -0.4 is 0 Å². The maximum atomic E-state index is 12.7. The molecule has 60 heavy (non-hydrogen) atoms. The van der Waals surface area contributed by atoms with E-state index in [1.807, 2.05) is 12.2 Å². The fraction of sp³-hybridized carbons (Fsp3) is 0.796. The molecule has 0 saturated carbocycles. The molecule has 1 atom stereocenters. The van der Waals surface area contributed by atoms with Gasteiger partial charge in [-0.2, -0.15) is 0 Å². The van der Waals surface area contributed by atoms with E-state index >= 15 is 0 Å². The number of allylic oxidation sites excluding steroid dienone is 8. The second-order valence-corrected chi connectivity index (χ2v) is 17.1. The lowest BCUT2D eigenvalue weighted by molar-refractivity contribution is -0.166. The first-order chi connectivity index (χ1) is 29.5. The van der Waals surface area contributed by atoms with Crippen molar-refractivity contribution in [2.75, 3.05) is 13.2 Å². The number of esters is 3. The Balaban J connectivity index is 4.37. The zero-order chi connectivity index (χ0) is 43.7. The van der Waals surface area contributed by atoms with E-state index in [-0.39, 0.29) is 37.5 Å². The Morgan fingerprint density at radius 1 is 0.350 bits per heavy atom. The Bertz CT molecular complexity index is 1060. The van der Waals surface area contributed by atoms with Crippen LogP contribution in [0.3, 0.4) is 0 Å². The first-order valence-electron chi connectivity index (χ1n) is 25.6. The van der Waals surface area contributed by atoms with Crippen LogP contribution in [0.25, 0.3) is 0 Å². The van der Waals surface area contributed by atoms with Crippen molar-refractivity contribution in [1.29, 1.82) is 0 Å². The third kappa shape index (κ3) is 46.4. The minimum absolute atomic E-state index is 0.0979. The molecule has 0 N–H and O–H groups in total. The van der Waals surface area contributed by atoms with Gasteiger partial charge in [0.05, 0.1) is 0 Å². The fourth-order valence-electron chi connectivity index (χ4n) is 7.28. The molecule has 0 radical (unpaired) electrons. The standard InChI is InChI=1S/C54H96O6/c1-4-7-10-13-16-19-22-24-25-26-27-28-30-32-35-38-41-44-47-53(56)59-50-51(49-58-52(55)46-43-40-37-34-31-21-18-15-12-9-6-3)60-54(57)48-45-42-39-36-33-29-23-20-17-14-11-8-5-2/h8,11,17,20,29,33,39,42,51H,4-7,9-10,12-16,18-19,21-28,30-32,34-38,40-41,43-50H2,1-3H3/b11-8-,20-17-,33-29-,42-39-.